The van der Waals surface area contributed by atoms with Crippen molar-refractivity contribution in [2.75, 3.05) is 6.54 Å². The van der Waals surface area contributed by atoms with Gasteiger partial charge in [0.25, 0.3) is 11.8 Å². The van der Waals surface area contributed by atoms with Gasteiger partial charge in [-0.05, 0) is 58.5 Å². The Morgan fingerprint density at radius 3 is 2.27 bits per heavy atom. The maximum atomic E-state index is 12.4. The molecule has 2 rings (SSSR count). The van der Waals surface area contributed by atoms with Gasteiger partial charge in [-0.1, -0.05) is 30.3 Å². The highest BCUT2D eigenvalue weighted by molar-refractivity contribution is 14.1. The largest absolute Gasteiger partial charge is 0.481 e. The van der Waals surface area contributed by atoms with E-state index >= 15 is 0 Å². The maximum Gasteiger partial charge on any atom is 0.305 e. The summed E-state index contributed by atoms with van der Waals surface area (Å²) < 4.78 is 0.991. The van der Waals surface area contributed by atoms with Crippen LogP contribution in [0.15, 0.2) is 60.3 Å². The molecular formula is C19H17IN2O4. The van der Waals surface area contributed by atoms with Crippen molar-refractivity contribution >= 4 is 46.5 Å². The van der Waals surface area contributed by atoms with Gasteiger partial charge in [0.05, 0.1) is 6.42 Å². The van der Waals surface area contributed by atoms with Crippen LogP contribution in [0.1, 0.15) is 22.3 Å². The molecule has 134 valence electrons. The third kappa shape index (κ3) is 6.32. The molecular weight excluding hydrogens is 447 g/mol. The number of rotatable bonds is 7. The van der Waals surface area contributed by atoms with Crippen molar-refractivity contribution in [1.29, 1.82) is 0 Å². The molecule has 0 aromatic heterocycles. The molecule has 2 aromatic rings. The van der Waals surface area contributed by atoms with Gasteiger partial charge in [-0.25, -0.2) is 0 Å². The lowest BCUT2D eigenvalue weighted by Crippen LogP contribution is -2.35. The molecule has 2 amide bonds. The van der Waals surface area contributed by atoms with E-state index in [0.29, 0.717) is 5.56 Å². The van der Waals surface area contributed by atoms with Crippen LogP contribution in [-0.4, -0.2) is 29.4 Å². The van der Waals surface area contributed by atoms with Crippen molar-refractivity contribution < 1.29 is 19.5 Å². The fourth-order valence-corrected chi connectivity index (χ4v) is 2.41. The molecule has 0 radical (unpaired) electrons. The minimum atomic E-state index is -1.01. The third-order valence-corrected chi connectivity index (χ3v) is 4.05. The standard InChI is InChI=1S/C19H17IN2O4/c20-15-8-6-14(7-9-15)18(25)22-16(12-13-4-2-1-3-5-13)19(26)21-11-10-17(23)24/h1-9,12H,10-11H2,(H,21,26)(H,22,25)(H,23,24)/b16-12+. The number of amides is 2. The predicted octanol–water partition coefficient (Wildman–Crippen LogP) is 2.65. The van der Waals surface area contributed by atoms with Crippen LogP contribution in [0.5, 0.6) is 0 Å². The first kappa shape index (κ1) is 19.6. The number of hydrogen-bond acceptors (Lipinski definition) is 3. The highest BCUT2D eigenvalue weighted by Crippen LogP contribution is 2.09. The van der Waals surface area contributed by atoms with Gasteiger partial charge in [0, 0.05) is 15.7 Å². The van der Waals surface area contributed by atoms with Crippen LogP contribution in [0.4, 0.5) is 0 Å². The molecule has 0 fully saturated rings. The molecule has 26 heavy (non-hydrogen) atoms. The number of hydrogen-bond donors (Lipinski definition) is 3. The summed E-state index contributed by atoms with van der Waals surface area (Å²) in [5.41, 5.74) is 1.20. The molecule has 0 saturated carbocycles. The number of halogens is 1. The highest BCUT2D eigenvalue weighted by Gasteiger charge is 2.14. The first-order valence-electron chi connectivity index (χ1n) is 7.79. The van der Waals surface area contributed by atoms with Crippen LogP contribution in [0.3, 0.4) is 0 Å². The van der Waals surface area contributed by atoms with Gasteiger partial charge in [0.15, 0.2) is 0 Å². The number of carboxylic acid groups (broad SMARTS) is 1. The van der Waals surface area contributed by atoms with Gasteiger partial charge >= 0.3 is 5.97 Å². The molecule has 0 spiro atoms. The summed E-state index contributed by atoms with van der Waals surface area (Å²) in [5, 5.41) is 13.8. The van der Waals surface area contributed by atoms with Crippen LogP contribution < -0.4 is 10.6 Å². The first-order chi connectivity index (χ1) is 12.5. The Kier molecular flexibility index (Phi) is 7.34. The van der Waals surface area contributed by atoms with Crippen LogP contribution in [0, 0.1) is 3.57 Å². The Balaban J connectivity index is 2.18. The minimum Gasteiger partial charge on any atom is -0.481 e. The number of aliphatic carboxylic acids is 1. The van der Waals surface area contributed by atoms with Gasteiger partial charge in [0.2, 0.25) is 0 Å². The van der Waals surface area contributed by atoms with E-state index in [1.165, 1.54) is 0 Å². The molecule has 6 nitrogen and oxygen atoms in total. The van der Waals surface area contributed by atoms with Gasteiger partial charge in [-0.3, -0.25) is 14.4 Å². The molecule has 0 saturated heterocycles. The zero-order valence-corrected chi connectivity index (χ0v) is 15.9. The molecule has 0 aliphatic carbocycles. The second kappa shape index (κ2) is 9.71. The van der Waals surface area contributed by atoms with Crippen molar-refractivity contribution in [3.05, 3.63) is 75.0 Å². The number of carbonyl (C=O) groups is 3. The molecule has 0 aliphatic rings. The quantitative estimate of drug-likeness (QED) is 0.434. The molecule has 0 heterocycles. The lowest BCUT2D eigenvalue weighted by Gasteiger charge is -2.11. The zero-order chi connectivity index (χ0) is 18.9. The van der Waals surface area contributed by atoms with Crippen molar-refractivity contribution in [2.24, 2.45) is 0 Å². The van der Waals surface area contributed by atoms with Gasteiger partial charge in [-0.2, -0.15) is 0 Å². The Hall–Kier alpha value is -2.68. The average Bonchev–Trinajstić information content (AvgIpc) is 2.62. The highest BCUT2D eigenvalue weighted by atomic mass is 127. The van der Waals surface area contributed by atoms with E-state index in [1.54, 1.807) is 42.5 Å². The fraction of sp³-hybridized carbons (Fsp3) is 0.105. The van der Waals surface area contributed by atoms with Crippen molar-refractivity contribution in [2.45, 2.75) is 6.42 Å². The predicted molar refractivity (Wildman–Crippen MR) is 106 cm³/mol. The van der Waals surface area contributed by atoms with Crippen LogP contribution in [-0.2, 0) is 9.59 Å². The molecule has 3 N–H and O–H groups in total. The number of carboxylic acids is 1. The second-order valence-electron chi connectivity index (χ2n) is 5.33. The van der Waals surface area contributed by atoms with E-state index in [9.17, 15) is 14.4 Å². The van der Waals surface area contributed by atoms with E-state index in [4.69, 9.17) is 5.11 Å². The molecule has 0 aliphatic heterocycles. The third-order valence-electron chi connectivity index (χ3n) is 3.33. The summed E-state index contributed by atoms with van der Waals surface area (Å²) in [4.78, 5) is 35.4. The summed E-state index contributed by atoms with van der Waals surface area (Å²) >= 11 is 2.14. The number of carbonyl (C=O) groups excluding carboxylic acids is 2. The Morgan fingerprint density at radius 2 is 1.65 bits per heavy atom. The van der Waals surface area contributed by atoms with Gasteiger partial charge < -0.3 is 15.7 Å². The van der Waals surface area contributed by atoms with Crippen LogP contribution in [0.25, 0.3) is 6.08 Å². The minimum absolute atomic E-state index is 0.0281. The maximum absolute atomic E-state index is 12.4. The van der Waals surface area contributed by atoms with Crippen molar-refractivity contribution in [3.8, 4) is 0 Å². The van der Waals surface area contributed by atoms with E-state index in [2.05, 4.69) is 33.2 Å². The van der Waals surface area contributed by atoms with Gasteiger partial charge in [-0.15, -0.1) is 0 Å². The second-order valence-corrected chi connectivity index (χ2v) is 6.57. The Labute approximate surface area is 164 Å². The lowest BCUT2D eigenvalue weighted by atomic mass is 10.1. The zero-order valence-electron chi connectivity index (χ0n) is 13.7. The lowest BCUT2D eigenvalue weighted by molar-refractivity contribution is -0.136. The van der Waals surface area contributed by atoms with E-state index in [0.717, 1.165) is 9.13 Å². The monoisotopic (exact) mass is 464 g/mol. The number of nitrogens with one attached hydrogen (secondary N) is 2. The molecule has 7 heteroatoms. The van der Waals surface area contributed by atoms with E-state index < -0.39 is 17.8 Å². The summed E-state index contributed by atoms with van der Waals surface area (Å²) in [7, 11) is 0. The molecule has 0 atom stereocenters. The smallest absolute Gasteiger partial charge is 0.305 e. The van der Waals surface area contributed by atoms with Gasteiger partial charge in [0.1, 0.15) is 5.70 Å². The molecule has 0 unspecified atom stereocenters. The first-order valence-corrected chi connectivity index (χ1v) is 8.87. The van der Waals surface area contributed by atoms with Crippen molar-refractivity contribution in [1.82, 2.24) is 10.6 Å². The molecule has 2 aromatic carbocycles. The van der Waals surface area contributed by atoms with Crippen molar-refractivity contribution in [3.63, 3.8) is 0 Å². The summed E-state index contributed by atoms with van der Waals surface area (Å²) in [6.45, 7) is -0.0281. The van der Waals surface area contributed by atoms with Crippen LogP contribution in [0.2, 0.25) is 0 Å². The Bertz CT molecular complexity index is 817. The van der Waals surface area contributed by atoms with E-state index in [-0.39, 0.29) is 18.7 Å². The Morgan fingerprint density at radius 1 is 1.00 bits per heavy atom. The topological polar surface area (TPSA) is 95.5 Å². The molecule has 0 bridgehead atoms. The summed E-state index contributed by atoms with van der Waals surface area (Å²) in [5.74, 6) is -1.98. The summed E-state index contributed by atoms with van der Waals surface area (Å²) in [6, 6.07) is 16.0. The van der Waals surface area contributed by atoms with E-state index in [1.807, 2.05) is 18.2 Å². The fourth-order valence-electron chi connectivity index (χ4n) is 2.05. The summed E-state index contributed by atoms with van der Waals surface area (Å²) in [6.07, 6.45) is 1.34. The van der Waals surface area contributed by atoms with Crippen LogP contribution >= 0.6 is 22.6 Å². The normalized spacial score (nSPS) is 10.9. The SMILES string of the molecule is O=C(O)CCNC(=O)/C(=C\c1ccccc1)NC(=O)c1ccc(I)cc1. The average molecular weight is 464 g/mol. The number of benzene rings is 2.